The van der Waals surface area contributed by atoms with Crippen molar-refractivity contribution in [1.29, 1.82) is 0 Å². The quantitative estimate of drug-likeness (QED) is 0.449. The van der Waals surface area contributed by atoms with Crippen LogP contribution in [0.4, 0.5) is 0 Å². The molecule has 2 aromatic heterocycles. The summed E-state index contributed by atoms with van der Waals surface area (Å²) in [5, 5.41) is 4.40. The average molecular weight is 393 g/mol. The Morgan fingerprint density at radius 3 is 2.62 bits per heavy atom. The smallest absolute Gasteiger partial charge is 0.339 e. The van der Waals surface area contributed by atoms with Gasteiger partial charge < -0.3 is 14.2 Å². The lowest BCUT2D eigenvalue weighted by Crippen LogP contribution is -2.35. The van der Waals surface area contributed by atoms with Gasteiger partial charge in [-0.15, -0.1) is 0 Å². The molecule has 3 aromatic rings. The van der Waals surface area contributed by atoms with E-state index in [-0.39, 0.29) is 23.8 Å². The number of carbonyl (C=O) groups is 2. The molecule has 0 fully saturated rings. The molecule has 150 valence electrons. The third-order valence-corrected chi connectivity index (χ3v) is 4.43. The van der Waals surface area contributed by atoms with Gasteiger partial charge in [0.15, 0.2) is 6.61 Å². The first-order valence-corrected chi connectivity index (χ1v) is 9.32. The van der Waals surface area contributed by atoms with E-state index in [4.69, 9.17) is 9.26 Å². The third-order valence-electron chi connectivity index (χ3n) is 4.43. The lowest BCUT2D eigenvalue weighted by molar-refractivity contribution is -0.133. The summed E-state index contributed by atoms with van der Waals surface area (Å²) in [6.07, 6.45) is 0. The van der Waals surface area contributed by atoms with E-state index in [9.17, 15) is 9.59 Å². The maximum absolute atomic E-state index is 12.8. The molecule has 0 atom stereocenters. The Morgan fingerprint density at radius 1 is 1.24 bits per heavy atom. The van der Waals surface area contributed by atoms with Gasteiger partial charge in [0.2, 0.25) is 0 Å². The molecule has 2 heterocycles. The number of nitrogens with zero attached hydrogens (tertiary/aromatic N) is 3. The standard InChI is InChI=1S/C22H23N3O4/c1-5-25(12-14(2)3)19(26)13-28-22(27)17-11-18(16-9-7-6-8-10-16)23-21-20(17)15(4)24-29-21/h6-11H,2,5,12-13H2,1,3-4H3. The van der Waals surface area contributed by atoms with E-state index in [1.54, 1.807) is 17.9 Å². The van der Waals surface area contributed by atoms with Crippen LogP contribution >= 0.6 is 0 Å². The molecule has 7 nitrogen and oxygen atoms in total. The van der Waals surface area contributed by atoms with E-state index in [0.717, 1.165) is 11.1 Å². The highest BCUT2D eigenvalue weighted by Gasteiger charge is 2.22. The van der Waals surface area contributed by atoms with Crippen molar-refractivity contribution in [2.24, 2.45) is 0 Å². The van der Waals surface area contributed by atoms with Crippen molar-refractivity contribution in [2.75, 3.05) is 19.7 Å². The summed E-state index contributed by atoms with van der Waals surface area (Å²) in [5.74, 6) is -0.903. The van der Waals surface area contributed by atoms with Crippen molar-refractivity contribution < 1.29 is 18.8 Å². The number of aromatic nitrogens is 2. The van der Waals surface area contributed by atoms with Gasteiger partial charge in [-0.05, 0) is 26.8 Å². The van der Waals surface area contributed by atoms with Crippen LogP contribution < -0.4 is 0 Å². The normalized spacial score (nSPS) is 10.7. The van der Waals surface area contributed by atoms with Crippen LogP contribution in [0.25, 0.3) is 22.4 Å². The summed E-state index contributed by atoms with van der Waals surface area (Å²) in [7, 11) is 0. The molecule has 0 spiro atoms. The number of hydrogen-bond acceptors (Lipinski definition) is 6. The van der Waals surface area contributed by atoms with Crippen LogP contribution in [0.3, 0.4) is 0 Å². The number of pyridine rings is 1. The Morgan fingerprint density at radius 2 is 1.97 bits per heavy atom. The first-order valence-electron chi connectivity index (χ1n) is 9.32. The SMILES string of the molecule is C=C(C)CN(CC)C(=O)COC(=O)c1cc(-c2ccccc2)nc2onc(C)c12. The molecule has 0 radical (unpaired) electrons. The highest BCUT2D eigenvalue weighted by atomic mass is 16.5. The second kappa shape index (κ2) is 8.68. The number of fused-ring (bicyclic) bond motifs is 1. The fraction of sp³-hybridized carbons (Fsp3) is 0.273. The molecule has 29 heavy (non-hydrogen) atoms. The number of aryl methyl sites for hydroxylation is 1. The highest BCUT2D eigenvalue weighted by molar-refractivity contribution is 6.04. The maximum Gasteiger partial charge on any atom is 0.339 e. The molecule has 0 aliphatic heterocycles. The molecule has 0 aliphatic rings. The number of esters is 1. The summed E-state index contributed by atoms with van der Waals surface area (Å²) in [5.41, 5.74) is 3.29. The molecular formula is C22H23N3O4. The number of likely N-dealkylation sites (N-methyl/N-ethyl adjacent to an activating group) is 1. The number of carbonyl (C=O) groups excluding carboxylic acids is 2. The van der Waals surface area contributed by atoms with Crippen LogP contribution in [0.1, 0.15) is 29.9 Å². The van der Waals surface area contributed by atoms with E-state index in [2.05, 4.69) is 16.7 Å². The Hall–Kier alpha value is -3.48. The Kier molecular flexibility index (Phi) is 6.07. The van der Waals surface area contributed by atoms with Crippen LogP contribution in [0.5, 0.6) is 0 Å². The van der Waals surface area contributed by atoms with Crippen molar-refractivity contribution >= 4 is 23.0 Å². The number of amides is 1. The molecule has 3 rings (SSSR count). The molecule has 0 saturated carbocycles. The van der Waals surface area contributed by atoms with Gasteiger partial charge in [-0.25, -0.2) is 9.78 Å². The summed E-state index contributed by atoms with van der Waals surface area (Å²) in [6, 6.07) is 11.1. The van der Waals surface area contributed by atoms with Gasteiger partial charge in [-0.3, -0.25) is 4.79 Å². The molecule has 0 N–H and O–H groups in total. The first-order chi connectivity index (χ1) is 13.9. The number of rotatable bonds is 7. The summed E-state index contributed by atoms with van der Waals surface area (Å²) < 4.78 is 10.6. The van der Waals surface area contributed by atoms with Gasteiger partial charge in [0.25, 0.3) is 11.6 Å². The zero-order valence-electron chi connectivity index (χ0n) is 16.8. The largest absolute Gasteiger partial charge is 0.452 e. The molecule has 0 unspecified atom stereocenters. The van der Waals surface area contributed by atoms with Gasteiger partial charge in [0.1, 0.15) is 0 Å². The van der Waals surface area contributed by atoms with Crippen LogP contribution in [0, 0.1) is 6.92 Å². The lowest BCUT2D eigenvalue weighted by atomic mass is 10.1. The minimum atomic E-state index is -0.624. The second-order valence-corrected chi connectivity index (χ2v) is 6.81. The molecule has 1 amide bonds. The molecule has 1 aromatic carbocycles. The molecule has 0 bridgehead atoms. The van der Waals surface area contributed by atoms with Gasteiger partial charge in [-0.1, -0.05) is 47.6 Å². The average Bonchev–Trinajstić information content (AvgIpc) is 3.10. The van der Waals surface area contributed by atoms with Crippen LogP contribution in [0.2, 0.25) is 0 Å². The predicted molar refractivity (Wildman–Crippen MR) is 109 cm³/mol. The van der Waals surface area contributed by atoms with Crippen molar-refractivity contribution in [2.45, 2.75) is 20.8 Å². The van der Waals surface area contributed by atoms with Crippen LogP contribution in [-0.2, 0) is 9.53 Å². The van der Waals surface area contributed by atoms with Crippen molar-refractivity contribution in [3.63, 3.8) is 0 Å². The molecule has 7 heteroatoms. The number of hydrogen-bond donors (Lipinski definition) is 0. The molecular weight excluding hydrogens is 370 g/mol. The lowest BCUT2D eigenvalue weighted by Gasteiger charge is -2.20. The Balaban J connectivity index is 1.88. The summed E-state index contributed by atoms with van der Waals surface area (Å²) >= 11 is 0. The Bertz CT molecular complexity index is 1060. The summed E-state index contributed by atoms with van der Waals surface area (Å²) in [6.45, 7) is 9.83. The minimum absolute atomic E-state index is 0.250. The van der Waals surface area contributed by atoms with Gasteiger partial charge in [-0.2, -0.15) is 0 Å². The maximum atomic E-state index is 12.8. The van der Waals surface area contributed by atoms with Crippen molar-refractivity contribution in [1.82, 2.24) is 15.0 Å². The summed E-state index contributed by atoms with van der Waals surface area (Å²) in [4.78, 5) is 31.2. The first kappa shape index (κ1) is 20.3. The Labute approximate surface area is 169 Å². The van der Waals surface area contributed by atoms with Crippen LogP contribution in [-0.4, -0.2) is 46.6 Å². The fourth-order valence-electron chi connectivity index (χ4n) is 3.01. The molecule has 0 saturated heterocycles. The third kappa shape index (κ3) is 4.51. The second-order valence-electron chi connectivity index (χ2n) is 6.81. The van der Waals surface area contributed by atoms with E-state index in [0.29, 0.717) is 29.9 Å². The highest BCUT2D eigenvalue weighted by Crippen LogP contribution is 2.27. The van der Waals surface area contributed by atoms with Crippen LogP contribution in [0.15, 0.2) is 53.1 Å². The predicted octanol–water partition coefficient (Wildman–Crippen LogP) is 3.78. The number of benzene rings is 1. The minimum Gasteiger partial charge on any atom is -0.452 e. The zero-order chi connectivity index (χ0) is 21.0. The van der Waals surface area contributed by atoms with Crippen molar-refractivity contribution in [3.05, 3.63) is 59.8 Å². The zero-order valence-corrected chi connectivity index (χ0v) is 16.8. The van der Waals surface area contributed by atoms with Gasteiger partial charge >= 0.3 is 5.97 Å². The monoisotopic (exact) mass is 393 g/mol. The fourth-order valence-corrected chi connectivity index (χ4v) is 3.01. The van der Waals surface area contributed by atoms with E-state index < -0.39 is 5.97 Å². The van der Waals surface area contributed by atoms with Gasteiger partial charge in [0, 0.05) is 18.7 Å². The van der Waals surface area contributed by atoms with Crippen molar-refractivity contribution in [3.8, 4) is 11.3 Å². The van der Waals surface area contributed by atoms with E-state index >= 15 is 0 Å². The van der Waals surface area contributed by atoms with E-state index in [1.165, 1.54) is 0 Å². The van der Waals surface area contributed by atoms with Gasteiger partial charge in [0.05, 0.1) is 22.3 Å². The molecule has 0 aliphatic carbocycles. The topological polar surface area (TPSA) is 85.5 Å². The van der Waals surface area contributed by atoms with E-state index in [1.807, 2.05) is 44.2 Å². The number of ether oxygens (including phenoxy) is 1.